The van der Waals surface area contributed by atoms with Crippen LogP contribution in [0.25, 0.3) is 0 Å². The third kappa shape index (κ3) is 3.36. The Balaban J connectivity index is 2.13. The molecule has 0 spiro atoms. The summed E-state index contributed by atoms with van der Waals surface area (Å²) in [5.74, 6) is 0.654. The summed E-state index contributed by atoms with van der Waals surface area (Å²) in [5, 5.41) is 0. The Morgan fingerprint density at radius 1 is 1.37 bits per heavy atom. The quantitative estimate of drug-likeness (QED) is 0.683. The number of hydrogen-bond donors (Lipinski definition) is 1. The highest BCUT2D eigenvalue weighted by Crippen LogP contribution is 2.28. The van der Waals surface area contributed by atoms with E-state index >= 15 is 0 Å². The first-order valence-corrected chi connectivity index (χ1v) is 7.49. The number of aromatic nitrogens is 1. The molecule has 2 rings (SSSR count). The van der Waals surface area contributed by atoms with Gasteiger partial charge < -0.3 is 5.73 Å². The largest absolute Gasteiger partial charge is 0.383 e. The van der Waals surface area contributed by atoms with Gasteiger partial charge in [-0.3, -0.25) is 4.79 Å². The standard InChI is InChI=1S/C14H13BrN2OS/c1-9-6-7-17-14(16)13(9)11(18)8-19-12-5-3-2-4-10(12)15/h2-7H,8H2,1H3,(H2,16,17). The van der Waals surface area contributed by atoms with Gasteiger partial charge in [0, 0.05) is 15.6 Å². The van der Waals surface area contributed by atoms with Crippen molar-refractivity contribution in [1.29, 1.82) is 0 Å². The summed E-state index contributed by atoms with van der Waals surface area (Å²) in [7, 11) is 0. The molecule has 0 aliphatic rings. The van der Waals surface area contributed by atoms with Gasteiger partial charge in [0.25, 0.3) is 0 Å². The maximum atomic E-state index is 12.2. The lowest BCUT2D eigenvalue weighted by Gasteiger charge is -2.08. The van der Waals surface area contributed by atoms with Crippen molar-refractivity contribution in [2.45, 2.75) is 11.8 Å². The molecule has 2 aromatic rings. The second-order valence-electron chi connectivity index (χ2n) is 4.03. The van der Waals surface area contributed by atoms with Crippen LogP contribution in [0, 0.1) is 6.92 Å². The van der Waals surface area contributed by atoms with E-state index in [9.17, 15) is 4.79 Å². The number of thioether (sulfide) groups is 1. The first-order chi connectivity index (χ1) is 9.09. The van der Waals surface area contributed by atoms with Crippen LogP contribution in [0.15, 0.2) is 45.9 Å². The molecule has 1 heterocycles. The fourth-order valence-corrected chi connectivity index (χ4v) is 3.16. The molecule has 2 N–H and O–H groups in total. The van der Waals surface area contributed by atoms with Gasteiger partial charge in [0.1, 0.15) is 5.82 Å². The zero-order valence-corrected chi connectivity index (χ0v) is 12.8. The topological polar surface area (TPSA) is 56.0 Å². The van der Waals surface area contributed by atoms with E-state index in [0.29, 0.717) is 17.1 Å². The van der Waals surface area contributed by atoms with E-state index in [0.717, 1.165) is 14.9 Å². The number of carbonyl (C=O) groups excluding carboxylic acids is 1. The third-order valence-electron chi connectivity index (χ3n) is 2.66. The SMILES string of the molecule is Cc1ccnc(N)c1C(=O)CSc1ccccc1Br. The molecule has 0 atom stereocenters. The second kappa shape index (κ2) is 6.21. The van der Waals surface area contributed by atoms with Gasteiger partial charge in [-0.2, -0.15) is 0 Å². The molecule has 0 saturated carbocycles. The molecule has 0 saturated heterocycles. The normalized spacial score (nSPS) is 10.4. The maximum Gasteiger partial charge on any atom is 0.177 e. The molecule has 3 nitrogen and oxygen atoms in total. The molecule has 1 aromatic carbocycles. The van der Waals surface area contributed by atoms with Gasteiger partial charge in [0.15, 0.2) is 5.78 Å². The Bertz CT molecular complexity index is 596. The molecule has 1 aromatic heterocycles. The van der Waals surface area contributed by atoms with Gasteiger partial charge in [0.2, 0.25) is 0 Å². The average molecular weight is 337 g/mol. The number of halogens is 1. The minimum Gasteiger partial charge on any atom is -0.383 e. The molecule has 0 bridgehead atoms. The summed E-state index contributed by atoms with van der Waals surface area (Å²) in [5.41, 5.74) is 7.17. The van der Waals surface area contributed by atoms with Crippen molar-refractivity contribution in [2.24, 2.45) is 0 Å². The molecule has 0 unspecified atom stereocenters. The number of anilines is 1. The van der Waals surface area contributed by atoms with Crippen molar-refractivity contribution in [1.82, 2.24) is 4.98 Å². The lowest BCUT2D eigenvalue weighted by Crippen LogP contribution is -2.10. The smallest absolute Gasteiger partial charge is 0.177 e. The molecule has 19 heavy (non-hydrogen) atoms. The van der Waals surface area contributed by atoms with Crippen LogP contribution in [0.3, 0.4) is 0 Å². The van der Waals surface area contributed by atoms with Gasteiger partial charge in [0.05, 0.1) is 11.3 Å². The number of nitrogens with two attached hydrogens (primary N) is 1. The number of benzene rings is 1. The molecular weight excluding hydrogens is 324 g/mol. The van der Waals surface area contributed by atoms with Crippen LogP contribution in [0.1, 0.15) is 15.9 Å². The molecule has 0 aliphatic heterocycles. The van der Waals surface area contributed by atoms with Crippen LogP contribution in [-0.4, -0.2) is 16.5 Å². The third-order valence-corrected chi connectivity index (χ3v) is 4.69. The van der Waals surface area contributed by atoms with Crippen molar-refractivity contribution >= 4 is 39.3 Å². The number of Topliss-reactive ketones (excluding diaryl/α,β-unsaturated/α-hetero) is 1. The minimum atomic E-state index is 0.00357. The Morgan fingerprint density at radius 2 is 2.11 bits per heavy atom. The fraction of sp³-hybridized carbons (Fsp3) is 0.143. The number of pyridine rings is 1. The molecule has 0 radical (unpaired) electrons. The Labute approximate surface area is 124 Å². The Hall–Kier alpha value is -1.33. The van der Waals surface area contributed by atoms with Gasteiger partial charge in [-0.15, -0.1) is 11.8 Å². The maximum absolute atomic E-state index is 12.2. The fourth-order valence-electron chi connectivity index (χ4n) is 1.72. The monoisotopic (exact) mass is 336 g/mol. The summed E-state index contributed by atoms with van der Waals surface area (Å²) < 4.78 is 0.990. The van der Waals surface area contributed by atoms with E-state index in [1.807, 2.05) is 31.2 Å². The van der Waals surface area contributed by atoms with E-state index in [1.165, 1.54) is 11.8 Å². The summed E-state index contributed by atoms with van der Waals surface area (Å²) in [6.07, 6.45) is 1.61. The number of ketones is 1. The van der Waals surface area contributed by atoms with E-state index in [2.05, 4.69) is 20.9 Å². The lowest BCUT2D eigenvalue weighted by atomic mass is 10.1. The van der Waals surface area contributed by atoms with Gasteiger partial charge in [-0.1, -0.05) is 12.1 Å². The van der Waals surface area contributed by atoms with Crippen LogP contribution in [-0.2, 0) is 0 Å². The van der Waals surface area contributed by atoms with Crippen molar-refractivity contribution in [2.75, 3.05) is 11.5 Å². The second-order valence-corrected chi connectivity index (χ2v) is 5.90. The average Bonchev–Trinajstić information content (AvgIpc) is 2.37. The van der Waals surface area contributed by atoms with E-state index < -0.39 is 0 Å². The molecular formula is C14H13BrN2OS. The molecule has 98 valence electrons. The number of carbonyl (C=O) groups is 1. The van der Waals surface area contributed by atoms with Crippen LogP contribution in [0.5, 0.6) is 0 Å². The van der Waals surface area contributed by atoms with Crippen LogP contribution >= 0.6 is 27.7 Å². The molecule has 5 heteroatoms. The number of nitrogen functional groups attached to an aromatic ring is 1. The van der Waals surface area contributed by atoms with Crippen molar-refractivity contribution in [3.63, 3.8) is 0 Å². The molecule has 0 amide bonds. The summed E-state index contributed by atoms with van der Waals surface area (Å²) >= 11 is 4.95. The first-order valence-electron chi connectivity index (χ1n) is 5.71. The van der Waals surface area contributed by atoms with Crippen molar-refractivity contribution < 1.29 is 4.79 Å². The zero-order valence-electron chi connectivity index (χ0n) is 10.4. The van der Waals surface area contributed by atoms with Gasteiger partial charge >= 0.3 is 0 Å². The number of nitrogens with zero attached hydrogens (tertiary/aromatic N) is 1. The highest BCUT2D eigenvalue weighted by atomic mass is 79.9. The van der Waals surface area contributed by atoms with Gasteiger partial charge in [-0.25, -0.2) is 4.98 Å². The first kappa shape index (κ1) is 14.1. The predicted molar refractivity (Wildman–Crippen MR) is 82.6 cm³/mol. The van der Waals surface area contributed by atoms with Crippen molar-refractivity contribution in [3.05, 3.63) is 52.1 Å². The van der Waals surface area contributed by atoms with E-state index in [1.54, 1.807) is 12.3 Å². The van der Waals surface area contributed by atoms with Crippen molar-refractivity contribution in [3.8, 4) is 0 Å². The highest BCUT2D eigenvalue weighted by molar-refractivity contribution is 9.10. The Morgan fingerprint density at radius 3 is 2.79 bits per heavy atom. The summed E-state index contributed by atoms with van der Waals surface area (Å²) in [6, 6.07) is 9.62. The van der Waals surface area contributed by atoms with Crippen LogP contribution in [0.2, 0.25) is 0 Å². The van der Waals surface area contributed by atoms with Crippen LogP contribution in [0.4, 0.5) is 5.82 Å². The number of hydrogen-bond acceptors (Lipinski definition) is 4. The Kier molecular flexibility index (Phi) is 4.61. The molecule has 0 aliphatic carbocycles. The van der Waals surface area contributed by atoms with Gasteiger partial charge in [-0.05, 0) is 46.6 Å². The summed E-state index contributed by atoms with van der Waals surface area (Å²) in [6.45, 7) is 1.87. The minimum absolute atomic E-state index is 0.00357. The zero-order chi connectivity index (χ0) is 13.8. The van der Waals surface area contributed by atoms with E-state index in [4.69, 9.17) is 5.73 Å². The van der Waals surface area contributed by atoms with E-state index in [-0.39, 0.29) is 5.78 Å². The number of rotatable bonds is 4. The lowest BCUT2D eigenvalue weighted by molar-refractivity contribution is 0.102. The highest BCUT2D eigenvalue weighted by Gasteiger charge is 2.14. The molecule has 0 fully saturated rings. The number of aryl methyl sites for hydroxylation is 1. The summed E-state index contributed by atoms with van der Waals surface area (Å²) in [4.78, 5) is 17.2. The van der Waals surface area contributed by atoms with Crippen LogP contribution < -0.4 is 5.73 Å². The predicted octanol–water partition coefficient (Wildman–Crippen LogP) is 3.71.